The highest BCUT2D eigenvalue weighted by atomic mass is 16.7. The first-order valence-electron chi connectivity index (χ1n) is 7.99. The molecule has 3 rings (SSSR count). The summed E-state index contributed by atoms with van der Waals surface area (Å²) in [7, 11) is 0. The van der Waals surface area contributed by atoms with E-state index in [2.05, 4.69) is 5.32 Å². The van der Waals surface area contributed by atoms with Crippen molar-refractivity contribution in [2.24, 2.45) is 0 Å². The molecule has 0 spiro atoms. The van der Waals surface area contributed by atoms with Gasteiger partial charge in [-0.15, -0.1) is 0 Å². The molecule has 1 aliphatic rings. The highest BCUT2D eigenvalue weighted by Crippen LogP contribution is 2.34. The standard InChI is InChI=1S/C19H20N2O4/c1-12-5-4-6-13(2)19(12)21(14(3)22)10-18(23)20-15-7-8-16-17(9-15)25-11-24-16/h4-9H,10-11H2,1-3H3,(H,20,23). The van der Waals surface area contributed by atoms with E-state index in [1.165, 1.54) is 11.8 Å². The number of fused-ring (bicyclic) bond motifs is 1. The van der Waals surface area contributed by atoms with Crippen LogP contribution in [-0.4, -0.2) is 25.2 Å². The first kappa shape index (κ1) is 16.8. The van der Waals surface area contributed by atoms with Crippen LogP contribution >= 0.6 is 0 Å². The number of anilines is 2. The Labute approximate surface area is 146 Å². The zero-order chi connectivity index (χ0) is 18.0. The Bertz CT molecular complexity index is 812. The third kappa shape index (κ3) is 3.57. The van der Waals surface area contributed by atoms with Gasteiger partial charge in [-0.1, -0.05) is 18.2 Å². The lowest BCUT2D eigenvalue weighted by molar-refractivity contribution is -0.120. The number of hydrogen-bond donors (Lipinski definition) is 1. The molecule has 0 aliphatic carbocycles. The number of hydrogen-bond acceptors (Lipinski definition) is 4. The van der Waals surface area contributed by atoms with Crippen LogP contribution in [-0.2, 0) is 9.59 Å². The minimum Gasteiger partial charge on any atom is -0.454 e. The molecule has 1 N–H and O–H groups in total. The van der Waals surface area contributed by atoms with Crippen molar-refractivity contribution in [1.82, 2.24) is 0 Å². The largest absolute Gasteiger partial charge is 0.454 e. The van der Waals surface area contributed by atoms with E-state index >= 15 is 0 Å². The number of aryl methyl sites for hydroxylation is 2. The smallest absolute Gasteiger partial charge is 0.244 e. The fraction of sp³-hybridized carbons (Fsp3) is 0.263. The number of carbonyl (C=O) groups is 2. The zero-order valence-electron chi connectivity index (χ0n) is 14.5. The summed E-state index contributed by atoms with van der Waals surface area (Å²) in [6.07, 6.45) is 0. The van der Waals surface area contributed by atoms with Gasteiger partial charge >= 0.3 is 0 Å². The molecule has 0 atom stereocenters. The monoisotopic (exact) mass is 340 g/mol. The van der Waals surface area contributed by atoms with E-state index in [1.54, 1.807) is 18.2 Å². The molecule has 25 heavy (non-hydrogen) atoms. The summed E-state index contributed by atoms with van der Waals surface area (Å²) < 4.78 is 10.6. The Morgan fingerprint density at radius 2 is 1.76 bits per heavy atom. The summed E-state index contributed by atoms with van der Waals surface area (Å²) in [5.41, 5.74) is 3.27. The van der Waals surface area contributed by atoms with Crippen LogP contribution in [0.3, 0.4) is 0 Å². The average Bonchev–Trinajstić information content (AvgIpc) is 3.01. The molecule has 130 valence electrons. The summed E-state index contributed by atoms with van der Waals surface area (Å²) in [4.78, 5) is 26.0. The Hall–Kier alpha value is -3.02. The average molecular weight is 340 g/mol. The van der Waals surface area contributed by atoms with E-state index in [4.69, 9.17) is 9.47 Å². The summed E-state index contributed by atoms with van der Waals surface area (Å²) in [6.45, 7) is 5.43. The van der Waals surface area contributed by atoms with Gasteiger partial charge in [0.2, 0.25) is 18.6 Å². The molecule has 0 bridgehead atoms. The second-order valence-electron chi connectivity index (χ2n) is 5.96. The van der Waals surface area contributed by atoms with E-state index in [9.17, 15) is 9.59 Å². The first-order chi connectivity index (χ1) is 12.0. The fourth-order valence-corrected chi connectivity index (χ4v) is 2.90. The molecule has 1 aliphatic heterocycles. The minimum atomic E-state index is -0.281. The molecule has 0 saturated heterocycles. The first-order valence-corrected chi connectivity index (χ1v) is 7.99. The van der Waals surface area contributed by atoms with Gasteiger partial charge in [0.15, 0.2) is 11.5 Å². The molecule has 0 radical (unpaired) electrons. The number of benzene rings is 2. The molecule has 0 fully saturated rings. The van der Waals surface area contributed by atoms with Gasteiger partial charge < -0.3 is 19.7 Å². The van der Waals surface area contributed by atoms with Crippen LogP contribution < -0.4 is 19.7 Å². The molecule has 2 aromatic carbocycles. The second kappa shape index (κ2) is 6.84. The lowest BCUT2D eigenvalue weighted by Gasteiger charge is -2.24. The Balaban J connectivity index is 1.76. The Morgan fingerprint density at radius 3 is 2.44 bits per heavy atom. The van der Waals surface area contributed by atoms with Crippen molar-refractivity contribution < 1.29 is 19.1 Å². The van der Waals surface area contributed by atoms with Gasteiger partial charge in [0.05, 0.1) is 5.69 Å². The van der Waals surface area contributed by atoms with Crippen molar-refractivity contribution in [3.63, 3.8) is 0 Å². The van der Waals surface area contributed by atoms with Crippen molar-refractivity contribution in [2.75, 3.05) is 23.6 Å². The maximum Gasteiger partial charge on any atom is 0.244 e. The number of rotatable bonds is 4. The predicted molar refractivity (Wildman–Crippen MR) is 95.1 cm³/mol. The van der Waals surface area contributed by atoms with Gasteiger partial charge in [0, 0.05) is 18.7 Å². The molecule has 2 aromatic rings. The van der Waals surface area contributed by atoms with Crippen LogP contribution in [0.5, 0.6) is 11.5 Å². The third-order valence-electron chi connectivity index (χ3n) is 4.05. The van der Waals surface area contributed by atoms with Crippen LogP contribution in [0.25, 0.3) is 0 Å². The topological polar surface area (TPSA) is 67.9 Å². The summed E-state index contributed by atoms with van der Waals surface area (Å²) >= 11 is 0. The fourth-order valence-electron chi connectivity index (χ4n) is 2.90. The SMILES string of the molecule is CC(=O)N(CC(=O)Nc1ccc2c(c1)OCO2)c1c(C)cccc1C. The van der Waals surface area contributed by atoms with Crippen molar-refractivity contribution in [1.29, 1.82) is 0 Å². The maximum atomic E-state index is 12.4. The maximum absolute atomic E-state index is 12.4. The predicted octanol–water partition coefficient (Wildman–Crippen LogP) is 3.02. The molecule has 6 nitrogen and oxygen atoms in total. The molecule has 2 amide bonds. The molecule has 0 saturated carbocycles. The lowest BCUT2D eigenvalue weighted by Crippen LogP contribution is -2.37. The molecule has 6 heteroatoms. The van der Waals surface area contributed by atoms with Crippen LogP contribution in [0.1, 0.15) is 18.1 Å². The van der Waals surface area contributed by atoms with Crippen LogP contribution in [0.15, 0.2) is 36.4 Å². The molecular formula is C19H20N2O4. The van der Waals surface area contributed by atoms with Crippen molar-refractivity contribution in [2.45, 2.75) is 20.8 Å². The van der Waals surface area contributed by atoms with Gasteiger partial charge in [-0.2, -0.15) is 0 Å². The molecule has 0 aromatic heterocycles. The van der Waals surface area contributed by atoms with Gasteiger partial charge in [0.25, 0.3) is 0 Å². The quantitative estimate of drug-likeness (QED) is 0.929. The van der Waals surface area contributed by atoms with Gasteiger partial charge in [-0.05, 0) is 37.1 Å². The number of para-hydroxylation sites is 1. The van der Waals surface area contributed by atoms with E-state index < -0.39 is 0 Å². The van der Waals surface area contributed by atoms with Crippen LogP contribution in [0.2, 0.25) is 0 Å². The number of amides is 2. The number of carbonyl (C=O) groups excluding carboxylic acids is 2. The zero-order valence-corrected chi connectivity index (χ0v) is 14.5. The minimum absolute atomic E-state index is 0.0601. The van der Waals surface area contributed by atoms with Crippen molar-refractivity contribution in [3.05, 3.63) is 47.5 Å². The third-order valence-corrected chi connectivity index (χ3v) is 4.05. The van der Waals surface area contributed by atoms with Crippen LogP contribution in [0.4, 0.5) is 11.4 Å². The van der Waals surface area contributed by atoms with Gasteiger partial charge in [0.1, 0.15) is 6.54 Å². The number of ether oxygens (including phenoxy) is 2. The van der Waals surface area contributed by atoms with E-state index in [0.717, 1.165) is 16.8 Å². The van der Waals surface area contributed by atoms with Gasteiger partial charge in [-0.3, -0.25) is 9.59 Å². The van der Waals surface area contributed by atoms with Gasteiger partial charge in [-0.25, -0.2) is 0 Å². The summed E-state index contributed by atoms with van der Waals surface area (Å²) in [5, 5.41) is 2.80. The van der Waals surface area contributed by atoms with Crippen LogP contribution in [0, 0.1) is 13.8 Å². The Kier molecular flexibility index (Phi) is 4.61. The summed E-state index contributed by atoms with van der Waals surface area (Å²) in [5.74, 6) is 0.782. The number of nitrogens with zero attached hydrogens (tertiary/aromatic N) is 1. The molecular weight excluding hydrogens is 320 g/mol. The van der Waals surface area contributed by atoms with E-state index in [0.29, 0.717) is 17.2 Å². The second-order valence-corrected chi connectivity index (χ2v) is 5.96. The summed E-state index contributed by atoms with van der Waals surface area (Å²) in [6, 6.07) is 11.0. The molecule has 1 heterocycles. The van der Waals surface area contributed by atoms with Crippen molar-refractivity contribution in [3.8, 4) is 11.5 Å². The Morgan fingerprint density at radius 1 is 1.08 bits per heavy atom. The number of nitrogens with one attached hydrogen (secondary N) is 1. The molecule has 0 unspecified atom stereocenters. The van der Waals surface area contributed by atoms with E-state index in [-0.39, 0.29) is 25.2 Å². The van der Waals surface area contributed by atoms with E-state index in [1.807, 2.05) is 32.0 Å². The van der Waals surface area contributed by atoms with Crippen molar-refractivity contribution >= 4 is 23.2 Å². The lowest BCUT2D eigenvalue weighted by atomic mass is 10.1. The highest BCUT2D eigenvalue weighted by Gasteiger charge is 2.20. The normalized spacial score (nSPS) is 12.0. The highest BCUT2D eigenvalue weighted by molar-refractivity contribution is 6.02.